The van der Waals surface area contributed by atoms with Crippen LogP contribution in [0.25, 0.3) is 0 Å². The van der Waals surface area contributed by atoms with Crippen molar-refractivity contribution in [3.05, 3.63) is 17.1 Å². The number of nitrogens with two attached hydrogens (primary N) is 1. The van der Waals surface area contributed by atoms with Crippen LogP contribution in [0.5, 0.6) is 0 Å². The molecule has 2 aliphatic rings. The third-order valence-electron chi connectivity index (χ3n) is 3.09. The minimum absolute atomic E-state index is 0.0342. The van der Waals surface area contributed by atoms with Crippen LogP contribution in [0.4, 0.5) is 5.82 Å². The van der Waals surface area contributed by atoms with Gasteiger partial charge in [-0.3, -0.25) is 0 Å². The van der Waals surface area contributed by atoms with E-state index < -0.39 is 0 Å². The molecule has 2 heterocycles. The van der Waals surface area contributed by atoms with Crippen LogP contribution in [0.3, 0.4) is 0 Å². The van der Waals surface area contributed by atoms with Crippen molar-refractivity contribution in [1.82, 2.24) is 9.97 Å². The van der Waals surface area contributed by atoms with E-state index in [2.05, 4.69) is 9.97 Å². The maximum absolute atomic E-state index is 5.97. The van der Waals surface area contributed by atoms with Crippen LogP contribution in [0.2, 0.25) is 0 Å². The van der Waals surface area contributed by atoms with Crippen LogP contribution >= 0.6 is 11.8 Å². The minimum Gasteiger partial charge on any atom is -0.383 e. The molecule has 1 aliphatic carbocycles. The number of aryl methyl sites for hydroxylation is 1. The largest absolute Gasteiger partial charge is 0.383 e. The molecule has 3 rings (SSSR count). The van der Waals surface area contributed by atoms with Gasteiger partial charge in [0.2, 0.25) is 0 Å². The predicted octanol–water partition coefficient (Wildman–Crippen LogP) is 1.35. The number of hydrogen-bond acceptors (Lipinski definition) is 5. The van der Waals surface area contributed by atoms with Crippen molar-refractivity contribution in [1.29, 1.82) is 0 Å². The van der Waals surface area contributed by atoms with Crippen LogP contribution in [-0.2, 0) is 17.6 Å². The zero-order chi connectivity index (χ0) is 11.0. The Morgan fingerprint density at radius 2 is 2.25 bits per heavy atom. The molecule has 0 radical (unpaired) electrons. The van der Waals surface area contributed by atoms with Gasteiger partial charge < -0.3 is 10.5 Å². The van der Waals surface area contributed by atoms with Gasteiger partial charge in [0.15, 0.2) is 5.82 Å². The van der Waals surface area contributed by atoms with E-state index in [0.717, 1.165) is 54.5 Å². The molecule has 1 unspecified atom stereocenters. The highest BCUT2D eigenvalue weighted by Gasteiger charge is 2.24. The molecule has 16 heavy (non-hydrogen) atoms. The Kier molecular flexibility index (Phi) is 2.73. The quantitative estimate of drug-likeness (QED) is 0.799. The van der Waals surface area contributed by atoms with E-state index in [9.17, 15) is 0 Å². The second-order valence-electron chi connectivity index (χ2n) is 4.18. The van der Waals surface area contributed by atoms with Crippen molar-refractivity contribution >= 4 is 17.6 Å². The van der Waals surface area contributed by atoms with E-state index in [0.29, 0.717) is 5.82 Å². The van der Waals surface area contributed by atoms with Crippen LogP contribution in [-0.4, -0.2) is 28.1 Å². The van der Waals surface area contributed by atoms with Crippen molar-refractivity contribution < 1.29 is 4.74 Å². The van der Waals surface area contributed by atoms with Crippen molar-refractivity contribution in [2.45, 2.75) is 25.4 Å². The third-order valence-corrected chi connectivity index (χ3v) is 4.08. The number of rotatable bonds is 1. The smallest absolute Gasteiger partial charge is 0.160 e. The van der Waals surface area contributed by atoms with E-state index in [-0.39, 0.29) is 6.10 Å². The fraction of sp³-hybridized carbons (Fsp3) is 0.636. The van der Waals surface area contributed by atoms with Crippen LogP contribution in [0.1, 0.15) is 29.6 Å². The number of aromatic nitrogens is 2. The molecule has 1 atom stereocenters. The summed E-state index contributed by atoms with van der Waals surface area (Å²) in [6.07, 6.45) is 3.25. The molecule has 0 aromatic carbocycles. The van der Waals surface area contributed by atoms with Gasteiger partial charge in [-0.25, -0.2) is 9.97 Å². The lowest BCUT2D eigenvalue weighted by atomic mass is 10.2. The van der Waals surface area contributed by atoms with Crippen LogP contribution < -0.4 is 5.73 Å². The first-order valence-corrected chi connectivity index (χ1v) is 6.84. The number of fused-ring (bicyclic) bond motifs is 1. The van der Waals surface area contributed by atoms with E-state index in [1.807, 2.05) is 11.8 Å². The highest BCUT2D eigenvalue weighted by Crippen LogP contribution is 2.29. The summed E-state index contributed by atoms with van der Waals surface area (Å²) in [5.41, 5.74) is 8.27. The van der Waals surface area contributed by atoms with Crippen LogP contribution in [0.15, 0.2) is 0 Å². The molecule has 0 amide bonds. The summed E-state index contributed by atoms with van der Waals surface area (Å²) in [6, 6.07) is 0. The lowest BCUT2D eigenvalue weighted by Crippen LogP contribution is -2.19. The summed E-state index contributed by atoms with van der Waals surface area (Å²) in [6.45, 7) is 0.787. The maximum atomic E-state index is 5.97. The predicted molar refractivity (Wildman–Crippen MR) is 64.5 cm³/mol. The first kappa shape index (κ1) is 10.4. The number of thioether (sulfide) groups is 1. The summed E-state index contributed by atoms with van der Waals surface area (Å²) in [7, 11) is 0. The van der Waals surface area contributed by atoms with Gasteiger partial charge in [0, 0.05) is 22.8 Å². The normalized spacial score (nSPS) is 24.4. The number of nitrogens with zero attached hydrogens (tertiary/aromatic N) is 2. The summed E-state index contributed by atoms with van der Waals surface area (Å²) >= 11 is 1.89. The Hall–Kier alpha value is -0.810. The van der Waals surface area contributed by atoms with Gasteiger partial charge >= 0.3 is 0 Å². The van der Waals surface area contributed by atoms with Gasteiger partial charge in [-0.1, -0.05) is 0 Å². The lowest BCUT2D eigenvalue weighted by Gasteiger charge is -2.21. The molecule has 86 valence electrons. The van der Waals surface area contributed by atoms with Crippen LogP contribution in [0, 0.1) is 0 Å². The molecular weight excluding hydrogens is 222 g/mol. The van der Waals surface area contributed by atoms with Gasteiger partial charge in [-0.2, -0.15) is 11.8 Å². The standard InChI is InChI=1S/C11H15N3OS/c12-10-7-2-1-3-8(7)13-11(14-10)9-6-16-5-4-15-9/h9H,1-6H2,(H2,12,13,14). The van der Waals surface area contributed by atoms with Gasteiger partial charge in [0.05, 0.1) is 6.61 Å². The highest BCUT2D eigenvalue weighted by molar-refractivity contribution is 7.99. The molecule has 1 aromatic rings. The summed E-state index contributed by atoms with van der Waals surface area (Å²) in [4.78, 5) is 9.01. The Bertz CT molecular complexity index is 404. The molecule has 5 heteroatoms. The number of anilines is 1. The zero-order valence-electron chi connectivity index (χ0n) is 9.11. The summed E-state index contributed by atoms with van der Waals surface area (Å²) in [5.74, 6) is 3.46. The molecule has 0 bridgehead atoms. The molecular formula is C11H15N3OS. The van der Waals surface area contributed by atoms with Gasteiger partial charge in [0.25, 0.3) is 0 Å². The Labute approximate surface area is 99.0 Å². The summed E-state index contributed by atoms with van der Waals surface area (Å²) in [5, 5.41) is 0. The molecule has 1 aliphatic heterocycles. The van der Waals surface area contributed by atoms with Gasteiger partial charge in [-0.05, 0) is 19.3 Å². The maximum Gasteiger partial charge on any atom is 0.160 e. The van der Waals surface area contributed by atoms with E-state index in [4.69, 9.17) is 10.5 Å². The molecule has 2 N–H and O–H groups in total. The third kappa shape index (κ3) is 1.78. The second kappa shape index (κ2) is 4.22. The SMILES string of the molecule is Nc1nc(C2CSCCO2)nc2c1CCC2. The van der Waals surface area contributed by atoms with Gasteiger partial charge in [-0.15, -0.1) is 0 Å². The molecule has 0 spiro atoms. The van der Waals surface area contributed by atoms with E-state index >= 15 is 0 Å². The topological polar surface area (TPSA) is 61.0 Å². The zero-order valence-corrected chi connectivity index (χ0v) is 9.92. The molecule has 1 aromatic heterocycles. The minimum atomic E-state index is 0.0342. The molecule has 4 nitrogen and oxygen atoms in total. The number of nitrogen functional groups attached to an aromatic ring is 1. The molecule has 1 saturated heterocycles. The van der Waals surface area contributed by atoms with Crippen molar-refractivity contribution in [2.24, 2.45) is 0 Å². The van der Waals surface area contributed by atoms with Crippen molar-refractivity contribution in [2.75, 3.05) is 23.8 Å². The second-order valence-corrected chi connectivity index (χ2v) is 5.33. The Morgan fingerprint density at radius 1 is 1.31 bits per heavy atom. The monoisotopic (exact) mass is 237 g/mol. The summed E-state index contributed by atoms with van der Waals surface area (Å²) < 4.78 is 5.68. The van der Waals surface area contributed by atoms with E-state index in [1.165, 1.54) is 0 Å². The average molecular weight is 237 g/mol. The lowest BCUT2D eigenvalue weighted by molar-refractivity contribution is 0.0694. The number of ether oxygens (including phenoxy) is 1. The first-order chi connectivity index (χ1) is 7.84. The highest BCUT2D eigenvalue weighted by atomic mass is 32.2. The van der Waals surface area contributed by atoms with Crippen molar-refractivity contribution in [3.63, 3.8) is 0 Å². The first-order valence-electron chi connectivity index (χ1n) is 5.69. The molecule has 0 saturated carbocycles. The average Bonchev–Trinajstić information content (AvgIpc) is 2.79. The fourth-order valence-electron chi connectivity index (χ4n) is 2.26. The fourth-order valence-corrected chi connectivity index (χ4v) is 3.10. The van der Waals surface area contributed by atoms with Crippen molar-refractivity contribution in [3.8, 4) is 0 Å². The Morgan fingerprint density at radius 3 is 3.06 bits per heavy atom. The number of hydrogen-bond donors (Lipinski definition) is 1. The van der Waals surface area contributed by atoms with E-state index in [1.54, 1.807) is 0 Å². The molecule has 1 fully saturated rings. The van der Waals surface area contributed by atoms with Gasteiger partial charge in [0.1, 0.15) is 11.9 Å². The Balaban J connectivity index is 1.92.